The number of hydrogen-bond acceptors (Lipinski definition) is 7. The fourth-order valence-corrected chi connectivity index (χ4v) is 6.03. The average Bonchev–Trinajstić information content (AvgIpc) is 3.50. The first-order chi connectivity index (χ1) is 16.7. The Morgan fingerprint density at radius 2 is 1.91 bits per heavy atom. The van der Waals surface area contributed by atoms with Crippen molar-refractivity contribution in [2.75, 3.05) is 61.8 Å². The maximum Gasteiger partial charge on any atom is 0.345 e. The molecule has 1 N–H and O–H groups in total. The van der Waals surface area contributed by atoms with Crippen molar-refractivity contribution in [3.8, 4) is 0 Å². The van der Waals surface area contributed by atoms with Crippen molar-refractivity contribution in [1.82, 2.24) is 19.6 Å². The van der Waals surface area contributed by atoms with Crippen LogP contribution in [0.2, 0.25) is 5.02 Å². The minimum atomic E-state index is -3.45. The first-order valence-electron chi connectivity index (χ1n) is 11.8. The Hall–Kier alpha value is -2.34. The third kappa shape index (κ3) is 5.42. The molecule has 0 spiro atoms. The van der Waals surface area contributed by atoms with Crippen LogP contribution in [0.1, 0.15) is 12.5 Å². The number of nitrogens with zero attached hydrogens (tertiary/aromatic N) is 5. The third-order valence-corrected chi connectivity index (χ3v) is 7.93. The molecular formula is C23H31ClN6O4S. The van der Waals surface area contributed by atoms with Gasteiger partial charge in [-0.1, -0.05) is 17.7 Å². The minimum Gasteiger partial charge on any atom is -0.381 e. The molecular weight excluding hydrogens is 492 g/mol. The van der Waals surface area contributed by atoms with E-state index in [0.717, 1.165) is 62.9 Å². The molecule has 3 aliphatic heterocycles. The molecule has 0 bridgehead atoms. The smallest absolute Gasteiger partial charge is 0.345 e. The molecule has 3 atom stereocenters. The van der Waals surface area contributed by atoms with Crippen molar-refractivity contribution < 1.29 is 17.9 Å². The summed E-state index contributed by atoms with van der Waals surface area (Å²) in [6.07, 6.45) is 2.52. The van der Waals surface area contributed by atoms with Crippen molar-refractivity contribution in [2.24, 2.45) is 11.8 Å². The maximum absolute atomic E-state index is 13.0. The molecule has 1 aromatic heterocycles. The third-order valence-electron chi connectivity index (χ3n) is 7.03. The fourth-order valence-electron chi connectivity index (χ4n) is 5.31. The second-order valence-corrected chi connectivity index (χ2v) is 12.0. The van der Waals surface area contributed by atoms with Crippen molar-refractivity contribution in [2.45, 2.75) is 19.5 Å². The van der Waals surface area contributed by atoms with Crippen LogP contribution >= 0.6 is 11.6 Å². The van der Waals surface area contributed by atoms with E-state index in [1.165, 1.54) is 22.5 Å². The number of benzene rings is 1. The van der Waals surface area contributed by atoms with Gasteiger partial charge in [0.15, 0.2) is 5.82 Å². The molecule has 10 nitrogen and oxygen atoms in total. The van der Waals surface area contributed by atoms with Crippen LogP contribution < -0.4 is 9.62 Å². The number of rotatable bonds is 5. The van der Waals surface area contributed by atoms with Gasteiger partial charge in [0.05, 0.1) is 30.2 Å². The van der Waals surface area contributed by atoms with Gasteiger partial charge in [0.2, 0.25) is 10.0 Å². The van der Waals surface area contributed by atoms with Gasteiger partial charge in [0.25, 0.3) is 0 Å². The number of anilines is 2. The molecule has 3 aliphatic rings. The molecule has 3 fully saturated rings. The van der Waals surface area contributed by atoms with Crippen LogP contribution in [0.3, 0.4) is 0 Å². The topological polar surface area (TPSA) is 100 Å². The van der Waals surface area contributed by atoms with Gasteiger partial charge in [0, 0.05) is 69.4 Å². The standard InChI is InChI=1S/C23H31ClN6O4S/c1-16-10-27(7-8-29(16)23(31)30-6-5-22(25-30)26-35(2,32)33)11-17-3-4-20(24)21(9-17)28-12-18-14-34-15-19(18)13-28/h3-6,9,16,18-19H,7-8,10-15H2,1-2H3,(H,25,26)/t16-,18?,19?/m0/s1. The van der Waals surface area contributed by atoms with Gasteiger partial charge < -0.3 is 14.5 Å². The van der Waals surface area contributed by atoms with E-state index < -0.39 is 10.0 Å². The Balaban J connectivity index is 1.20. The Bertz CT molecular complexity index is 1190. The molecule has 0 saturated carbocycles. The van der Waals surface area contributed by atoms with Gasteiger partial charge in [-0.05, 0) is 24.6 Å². The summed E-state index contributed by atoms with van der Waals surface area (Å²) >= 11 is 6.57. The number of sulfonamides is 1. The first-order valence-corrected chi connectivity index (χ1v) is 14.1. The van der Waals surface area contributed by atoms with Crippen LogP contribution in [0.15, 0.2) is 30.5 Å². The second kappa shape index (κ2) is 9.61. The first kappa shape index (κ1) is 24.4. The van der Waals surface area contributed by atoms with Crippen molar-refractivity contribution >= 4 is 39.2 Å². The van der Waals surface area contributed by atoms with E-state index in [1.807, 2.05) is 13.0 Å². The van der Waals surface area contributed by atoms with Crippen LogP contribution in [0.25, 0.3) is 0 Å². The summed E-state index contributed by atoms with van der Waals surface area (Å²) in [6, 6.07) is 7.45. The molecule has 2 aromatic rings. The summed E-state index contributed by atoms with van der Waals surface area (Å²) in [6.45, 7) is 8.47. The number of ether oxygens (including phenoxy) is 1. The van der Waals surface area contributed by atoms with E-state index in [4.69, 9.17) is 16.3 Å². The zero-order valence-electron chi connectivity index (χ0n) is 19.9. The van der Waals surface area contributed by atoms with Crippen molar-refractivity contribution in [1.29, 1.82) is 0 Å². The quantitative estimate of drug-likeness (QED) is 0.642. The molecule has 0 aliphatic carbocycles. The number of carbonyl (C=O) groups excluding carboxylic acids is 1. The summed E-state index contributed by atoms with van der Waals surface area (Å²) in [7, 11) is -3.45. The molecule has 35 heavy (non-hydrogen) atoms. The molecule has 2 unspecified atom stereocenters. The molecule has 0 radical (unpaired) electrons. The lowest BCUT2D eigenvalue weighted by Gasteiger charge is -2.39. The summed E-state index contributed by atoms with van der Waals surface area (Å²) in [5, 5.41) is 4.85. The number of carbonyl (C=O) groups is 1. The average molecular weight is 523 g/mol. The van der Waals surface area contributed by atoms with Crippen LogP contribution in [0.4, 0.5) is 16.3 Å². The van der Waals surface area contributed by atoms with E-state index in [2.05, 4.69) is 31.8 Å². The fraction of sp³-hybridized carbons (Fsp3) is 0.565. The predicted octanol–water partition coefficient (Wildman–Crippen LogP) is 2.17. The van der Waals surface area contributed by atoms with Crippen molar-refractivity contribution in [3.05, 3.63) is 41.0 Å². The molecule has 1 aromatic carbocycles. The molecule has 4 heterocycles. The largest absolute Gasteiger partial charge is 0.381 e. The zero-order chi connectivity index (χ0) is 24.7. The second-order valence-electron chi connectivity index (χ2n) is 9.83. The van der Waals surface area contributed by atoms with Gasteiger partial charge >= 0.3 is 6.03 Å². The van der Waals surface area contributed by atoms with Gasteiger partial charge in [-0.15, -0.1) is 5.10 Å². The number of amides is 1. The number of hydrogen-bond donors (Lipinski definition) is 1. The Kier molecular flexibility index (Phi) is 6.69. The SMILES string of the molecule is C[C@H]1CN(Cc2ccc(Cl)c(N3CC4COCC4C3)c2)CCN1C(=O)n1ccc(NS(C)(=O)=O)n1. The van der Waals surface area contributed by atoms with Crippen molar-refractivity contribution in [3.63, 3.8) is 0 Å². The maximum atomic E-state index is 13.0. The zero-order valence-corrected chi connectivity index (χ0v) is 21.5. The van der Waals surface area contributed by atoms with E-state index in [0.29, 0.717) is 18.4 Å². The lowest BCUT2D eigenvalue weighted by atomic mass is 10.0. The molecule has 1 amide bonds. The number of aromatic nitrogens is 2. The normalized spacial score (nSPS) is 25.2. The highest BCUT2D eigenvalue weighted by molar-refractivity contribution is 7.92. The van der Waals surface area contributed by atoms with Crippen LogP contribution in [-0.2, 0) is 21.3 Å². The predicted molar refractivity (Wildman–Crippen MR) is 134 cm³/mol. The number of piperazine rings is 1. The molecule has 190 valence electrons. The Labute approximate surface area is 210 Å². The lowest BCUT2D eigenvalue weighted by molar-refractivity contribution is 0.0968. The minimum absolute atomic E-state index is 0.0171. The van der Waals surface area contributed by atoms with Crippen LogP contribution in [0, 0.1) is 11.8 Å². The van der Waals surface area contributed by atoms with E-state index in [-0.39, 0.29) is 17.9 Å². The monoisotopic (exact) mass is 522 g/mol. The highest BCUT2D eigenvalue weighted by Crippen LogP contribution is 2.36. The van der Waals surface area contributed by atoms with Gasteiger partial charge in [-0.3, -0.25) is 9.62 Å². The van der Waals surface area contributed by atoms with Crippen LogP contribution in [-0.4, -0.2) is 92.3 Å². The molecule has 3 saturated heterocycles. The Morgan fingerprint density at radius 1 is 1.17 bits per heavy atom. The Morgan fingerprint density at radius 3 is 2.60 bits per heavy atom. The van der Waals surface area contributed by atoms with Gasteiger partial charge in [0.1, 0.15) is 0 Å². The lowest BCUT2D eigenvalue weighted by Crippen LogP contribution is -2.54. The van der Waals surface area contributed by atoms with Gasteiger partial charge in [-0.2, -0.15) is 4.68 Å². The summed E-state index contributed by atoms with van der Waals surface area (Å²) in [5.74, 6) is 1.31. The van der Waals surface area contributed by atoms with E-state index in [1.54, 1.807) is 4.90 Å². The molecule has 12 heteroatoms. The highest BCUT2D eigenvalue weighted by Gasteiger charge is 2.38. The summed E-state index contributed by atoms with van der Waals surface area (Å²) in [5.41, 5.74) is 2.30. The molecule has 5 rings (SSSR count). The van der Waals surface area contributed by atoms with Crippen LogP contribution in [0.5, 0.6) is 0 Å². The van der Waals surface area contributed by atoms with E-state index >= 15 is 0 Å². The number of nitrogens with one attached hydrogen (secondary N) is 1. The number of halogens is 1. The summed E-state index contributed by atoms with van der Waals surface area (Å²) < 4.78 is 31.9. The van der Waals surface area contributed by atoms with E-state index in [9.17, 15) is 13.2 Å². The summed E-state index contributed by atoms with van der Waals surface area (Å²) in [4.78, 5) is 19.5. The number of fused-ring (bicyclic) bond motifs is 1. The van der Waals surface area contributed by atoms with Gasteiger partial charge in [-0.25, -0.2) is 13.2 Å². The highest BCUT2D eigenvalue weighted by atomic mass is 35.5.